The highest BCUT2D eigenvalue weighted by Crippen LogP contribution is 2.22. The molecule has 0 aromatic heterocycles. The SMILES string of the molecule is CCC(C#N)N1CCC(C)(NC)CC1. The van der Waals surface area contributed by atoms with Crippen molar-refractivity contribution in [2.45, 2.75) is 44.7 Å². The molecular formula is C11H21N3. The second kappa shape index (κ2) is 4.77. The van der Waals surface area contributed by atoms with Gasteiger partial charge < -0.3 is 5.32 Å². The lowest BCUT2D eigenvalue weighted by Crippen LogP contribution is -2.52. The van der Waals surface area contributed by atoms with Crippen LogP contribution >= 0.6 is 0 Å². The van der Waals surface area contributed by atoms with Crippen LogP contribution in [0.1, 0.15) is 33.1 Å². The third kappa shape index (κ3) is 2.46. The van der Waals surface area contributed by atoms with E-state index in [1.807, 2.05) is 7.05 Å². The van der Waals surface area contributed by atoms with Gasteiger partial charge in [-0.1, -0.05) is 6.92 Å². The highest BCUT2D eigenvalue weighted by Gasteiger charge is 2.30. The number of nitrogens with zero attached hydrogens (tertiary/aromatic N) is 2. The number of likely N-dealkylation sites (tertiary alicyclic amines) is 1. The van der Waals surface area contributed by atoms with Crippen LogP contribution in [-0.4, -0.2) is 36.6 Å². The van der Waals surface area contributed by atoms with Crippen LogP contribution in [0.3, 0.4) is 0 Å². The van der Waals surface area contributed by atoms with E-state index in [4.69, 9.17) is 5.26 Å². The number of piperidine rings is 1. The summed E-state index contributed by atoms with van der Waals surface area (Å²) in [6.45, 7) is 6.43. The maximum absolute atomic E-state index is 8.96. The zero-order valence-electron chi connectivity index (χ0n) is 9.51. The zero-order valence-corrected chi connectivity index (χ0v) is 9.51. The van der Waals surface area contributed by atoms with Gasteiger partial charge in [-0.15, -0.1) is 0 Å². The molecular weight excluding hydrogens is 174 g/mol. The fourth-order valence-corrected chi connectivity index (χ4v) is 2.01. The Kier molecular flexibility index (Phi) is 3.91. The fraction of sp³-hybridized carbons (Fsp3) is 0.909. The van der Waals surface area contributed by atoms with Crippen LogP contribution in [0, 0.1) is 11.3 Å². The van der Waals surface area contributed by atoms with Gasteiger partial charge in [0.15, 0.2) is 0 Å². The van der Waals surface area contributed by atoms with Crippen molar-refractivity contribution in [2.24, 2.45) is 0 Å². The molecule has 1 rings (SSSR count). The van der Waals surface area contributed by atoms with Crippen molar-refractivity contribution in [1.82, 2.24) is 10.2 Å². The largest absolute Gasteiger partial charge is 0.314 e. The summed E-state index contributed by atoms with van der Waals surface area (Å²) in [5, 5.41) is 12.3. The van der Waals surface area contributed by atoms with Crippen molar-refractivity contribution in [3.05, 3.63) is 0 Å². The molecule has 0 aliphatic carbocycles. The van der Waals surface area contributed by atoms with Crippen LogP contribution in [0.2, 0.25) is 0 Å². The van der Waals surface area contributed by atoms with Crippen molar-refractivity contribution in [3.63, 3.8) is 0 Å². The first-order chi connectivity index (χ1) is 6.65. The second-order valence-electron chi connectivity index (χ2n) is 4.40. The highest BCUT2D eigenvalue weighted by molar-refractivity contribution is 4.96. The molecule has 3 heteroatoms. The molecule has 0 saturated carbocycles. The molecule has 1 unspecified atom stereocenters. The molecule has 80 valence electrons. The summed E-state index contributed by atoms with van der Waals surface area (Å²) in [6, 6.07) is 2.49. The van der Waals surface area contributed by atoms with Gasteiger partial charge in [0.05, 0.1) is 12.1 Å². The molecule has 1 heterocycles. The molecule has 1 atom stereocenters. The lowest BCUT2D eigenvalue weighted by atomic mass is 9.89. The average molecular weight is 195 g/mol. The number of hydrogen-bond donors (Lipinski definition) is 1. The third-order valence-electron chi connectivity index (χ3n) is 3.48. The van der Waals surface area contributed by atoms with E-state index in [1.165, 1.54) is 0 Å². The average Bonchev–Trinajstić information content (AvgIpc) is 2.23. The Morgan fingerprint density at radius 3 is 2.43 bits per heavy atom. The smallest absolute Gasteiger partial charge is 0.0975 e. The summed E-state index contributed by atoms with van der Waals surface area (Å²) in [5.74, 6) is 0. The van der Waals surface area contributed by atoms with Crippen molar-refractivity contribution >= 4 is 0 Å². The van der Waals surface area contributed by atoms with E-state index in [9.17, 15) is 0 Å². The predicted octanol–water partition coefficient (Wildman–Crippen LogP) is 1.36. The van der Waals surface area contributed by atoms with E-state index in [0.717, 1.165) is 32.4 Å². The highest BCUT2D eigenvalue weighted by atomic mass is 15.2. The summed E-state index contributed by atoms with van der Waals surface area (Å²) >= 11 is 0. The second-order valence-corrected chi connectivity index (χ2v) is 4.40. The van der Waals surface area contributed by atoms with E-state index in [-0.39, 0.29) is 11.6 Å². The monoisotopic (exact) mass is 195 g/mol. The molecule has 0 spiro atoms. The molecule has 0 aromatic rings. The Morgan fingerprint density at radius 1 is 1.50 bits per heavy atom. The normalized spacial score (nSPS) is 24.1. The van der Waals surface area contributed by atoms with Crippen LogP contribution in [0.5, 0.6) is 0 Å². The molecule has 0 bridgehead atoms. The van der Waals surface area contributed by atoms with Gasteiger partial charge in [0.1, 0.15) is 0 Å². The van der Waals surface area contributed by atoms with Gasteiger partial charge in [0.25, 0.3) is 0 Å². The summed E-state index contributed by atoms with van der Waals surface area (Å²) in [4.78, 5) is 2.30. The summed E-state index contributed by atoms with van der Waals surface area (Å²) < 4.78 is 0. The molecule has 14 heavy (non-hydrogen) atoms. The lowest BCUT2D eigenvalue weighted by molar-refractivity contribution is 0.129. The number of nitrogens with one attached hydrogen (secondary N) is 1. The predicted molar refractivity (Wildman–Crippen MR) is 58.0 cm³/mol. The standard InChI is InChI=1S/C11H21N3/c1-4-10(9-12)14-7-5-11(2,13-3)6-8-14/h10,13H,4-8H2,1-3H3. The van der Waals surface area contributed by atoms with Crippen molar-refractivity contribution < 1.29 is 0 Å². The van der Waals surface area contributed by atoms with Crippen LogP contribution in [0.25, 0.3) is 0 Å². The van der Waals surface area contributed by atoms with Crippen LogP contribution in [0.15, 0.2) is 0 Å². The van der Waals surface area contributed by atoms with E-state index >= 15 is 0 Å². The maximum Gasteiger partial charge on any atom is 0.0975 e. The molecule has 1 saturated heterocycles. The Labute approximate surface area is 87.1 Å². The summed E-state index contributed by atoms with van der Waals surface area (Å²) in [5.41, 5.74) is 0.282. The minimum absolute atomic E-state index is 0.122. The first-order valence-electron chi connectivity index (χ1n) is 5.48. The van der Waals surface area contributed by atoms with Crippen LogP contribution in [0.4, 0.5) is 0 Å². The van der Waals surface area contributed by atoms with Crippen molar-refractivity contribution in [1.29, 1.82) is 5.26 Å². The molecule has 1 aliphatic rings. The number of hydrogen-bond acceptors (Lipinski definition) is 3. The van der Waals surface area contributed by atoms with Gasteiger partial charge in [0.2, 0.25) is 0 Å². The Morgan fingerprint density at radius 2 is 2.07 bits per heavy atom. The number of rotatable bonds is 3. The summed E-state index contributed by atoms with van der Waals surface area (Å²) in [7, 11) is 2.03. The van der Waals surface area contributed by atoms with Gasteiger partial charge in [-0.2, -0.15) is 5.26 Å². The van der Waals surface area contributed by atoms with Crippen LogP contribution in [-0.2, 0) is 0 Å². The van der Waals surface area contributed by atoms with E-state index in [2.05, 4.69) is 30.1 Å². The maximum atomic E-state index is 8.96. The minimum atomic E-state index is 0.122. The molecule has 0 radical (unpaired) electrons. The van der Waals surface area contributed by atoms with E-state index < -0.39 is 0 Å². The van der Waals surface area contributed by atoms with Gasteiger partial charge in [0, 0.05) is 18.6 Å². The molecule has 1 fully saturated rings. The number of nitriles is 1. The first kappa shape index (κ1) is 11.5. The molecule has 0 amide bonds. The minimum Gasteiger partial charge on any atom is -0.314 e. The van der Waals surface area contributed by atoms with E-state index in [0.29, 0.717) is 0 Å². The topological polar surface area (TPSA) is 39.1 Å². The Hall–Kier alpha value is -0.590. The molecule has 0 aromatic carbocycles. The van der Waals surface area contributed by atoms with Gasteiger partial charge in [-0.05, 0) is 33.2 Å². The van der Waals surface area contributed by atoms with Gasteiger partial charge in [-0.25, -0.2) is 0 Å². The first-order valence-corrected chi connectivity index (χ1v) is 5.48. The van der Waals surface area contributed by atoms with Crippen molar-refractivity contribution in [2.75, 3.05) is 20.1 Å². The van der Waals surface area contributed by atoms with Crippen molar-refractivity contribution in [3.8, 4) is 6.07 Å². The fourth-order valence-electron chi connectivity index (χ4n) is 2.01. The Bertz CT molecular complexity index is 211. The van der Waals surface area contributed by atoms with Gasteiger partial charge >= 0.3 is 0 Å². The Balaban J connectivity index is 2.47. The molecule has 1 N–H and O–H groups in total. The molecule has 3 nitrogen and oxygen atoms in total. The van der Waals surface area contributed by atoms with Gasteiger partial charge in [-0.3, -0.25) is 4.90 Å². The quantitative estimate of drug-likeness (QED) is 0.739. The van der Waals surface area contributed by atoms with Crippen LogP contribution < -0.4 is 5.32 Å². The zero-order chi connectivity index (χ0) is 10.6. The lowest BCUT2D eigenvalue weighted by Gasteiger charge is -2.40. The van der Waals surface area contributed by atoms with E-state index in [1.54, 1.807) is 0 Å². The third-order valence-corrected chi connectivity index (χ3v) is 3.48. The summed E-state index contributed by atoms with van der Waals surface area (Å²) in [6.07, 6.45) is 3.22. The molecule has 1 aliphatic heterocycles.